The predicted octanol–water partition coefficient (Wildman–Crippen LogP) is 2.66. The van der Waals surface area contributed by atoms with Crippen molar-refractivity contribution in [1.82, 2.24) is 4.90 Å². The molecule has 1 N–H and O–H groups in total. The van der Waals surface area contributed by atoms with E-state index < -0.39 is 0 Å². The fourth-order valence-corrected chi connectivity index (χ4v) is 2.80. The Bertz CT molecular complexity index is 431. The van der Waals surface area contributed by atoms with Crippen LogP contribution in [0.25, 0.3) is 0 Å². The van der Waals surface area contributed by atoms with Crippen molar-refractivity contribution in [2.45, 2.75) is 39.2 Å². The van der Waals surface area contributed by atoms with Gasteiger partial charge >= 0.3 is 0 Å². The lowest BCUT2D eigenvalue weighted by Crippen LogP contribution is -2.38. The molecule has 0 aliphatic carbocycles. The maximum Gasteiger partial charge on any atom is 0.164 e. The van der Waals surface area contributed by atoms with Crippen molar-refractivity contribution >= 4 is 5.78 Å². The van der Waals surface area contributed by atoms with E-state index in [1.54, 1.807) is 0 Å². The monoisotopic (exact) mass is 275 g/mol. The van der Waals surface area contributed by atoms with Crippen molar-refractivity contribution in [3.63, 3.8) is 0 Å². The van der Waals surface area contributed by atoms with E-state index in [1.165, 1.54) is 5.56 Å². The minimum Gasteiger partial charge on any atom is -0.393 e. The Balaban J connectivity index is 1.76. The van der Waals surface area contributed by atoms with Crippen molar-refractivity contribution < 1.29 is 9.90 Å². The standard InChI is InChI=1S/C17H25NO2/c1-13-3-5-16(6-4-13)17(20)9-12-18-10-7-15(8-11-18)14(2)19/h3-6,14-15,19H,7-12H2,1-2H3. The number of nitrogens with zero attached hydrogens (tertiary/aromatic N) is 1. The summed E-state index contributed by atoms with van der Waals surface area (Å²) >= 11 is 0. The first kappa shape index (κ1) is 15.2. The molecule has 0 amide bonds. The Morgan fingerprint density at radius 1 is 1.30 bits per heavy atom. The molecule has 1 unspecified atom stereocenters. The number of aliphatic hydroxyl groups excluding tert-OH is 1. The largest absolute Gasteiger partial charge is 0.393 e. The van der Waals surface area contributed by atoms with Gasteiger partial charge in [0.25, 0.3) is 0 Å². The summed E-state index contributed by atoms with van der Waals surface area (Å²) in [5.74, 6) is 0.654. The highest BCUT2D eigenvalue weighted by Gasteiger charge is 2.22. The average Bonchev–Trinajstić information content (AvgIpc) is 2.46. The Morgan fingerprint density at radius 3 is 2.45 bits per heavy atom. The molecule has 1 saturated heterocycles. The number of carbonyl (C=O) groups is 1. The minimum absolute atomic E-state index is 0.202. The number of benzene rings is 1. The zero-order chi connectivity index (χ0) is 14.5. The Morgan fingerprint density at radius 2 is 1.90 bits per heavy atom. The second kappa shape index (κ2) is 7.00. The van der Waals surface area contributed by atoms with E-state index in [0.29, 0.717) is 12.3 Å². The van der Waals surface area contributed by atoms with Crippen LogP contribution >= 0.6 is 0 Å². The van der Waals surface area contributed by atoms with Crippen LogP contribution in [0.4, 0.5) is 0 Å². The lowest BCUT2D eigenvalue weighted by molar-refractivity contribution is 0.0693. The summed E-state index contributed by atoms with van der Waals surface area (Å²) in [4.78, 5) is 14.4. The van der Waals surface area contributed by atoms with E-state index in [2.05, 4.69) is 4.90 Å². The average molecular weight is 275 g/mol. The fraction of sp³-hybridized carbons (Fsp3) is 0.588. The van der Waals surface area contributed by atoms with Crippen LogP contribution in [0.5, 0.6) is 0 Å². The van der Waals surface area contributed by atoms with E-state index in [9.17, 15) is 9.90 Å². The summed E-state index contributed by atoms with van der Waals surface area (Å²) < 4.78 is 0. The van der Waals surface area contributed by atoms with Gasteiger partial charge in [-0.1, -0.05) is 29.8 Å². The molecule has 1 heterocycles. The van der Waals surface area contributed by atoms with Crippen molar-refractivity contribution in [1.29, 1.82) is 0 Å². The first-order valence-electron chi connectivity index (χ1n) is 7.56. The van der Waals surface area contributed by atoms with Gasteiger partial charge in [0.1, 0.15) is 0 Å². The molecule has 0 radical (unpaired) electrons. The maximum atomic E-state index is 12.1. The van der Waals surface area contributed by atoms with Crippen molar-refractivity contribution in [2.75, 3.05) is 19.6 Å². The number of rotatable bonds is 5. The molecule has 1 aromatic carbocycles. The quantitative estimate of drug-likeness (QED) is 0.840. The van der Waals surface area contributed by atoms with Gasteiger partial charge in [-0.2, -0.15) is 0 Å². The van der Waals surface area contributed by atoms with Crippen LogP contribution in [0.3, 0.4) is 0 Å². The molecule has 1 fully saturated rings. The smallest absolute Gasteiger partial charge is 0.164 e. The number of aliphatic hydroxyl groups is 1. The summed E-state index contributed by atoms with van der Waals surface area (Å²) in [5, 5.41) is 9.58. The van der Waals surface area contributed by atoms with Gasteiger partial charge in [0, 0.05) is 18.5 Å². The summed E-state index contributed by atoms with van der Waals surface area (Å²) in [6.45, 7) is 6.73. The van der Waals surface area contributed by atoms with Crippen LogP contribution < -0.4 is 0 Å². The van der Waals surface area contributed by atoms with Gasteiger partial charge in [0.2, 0.25) is 0 Å². The third-order valence-corrected chi connectivity index (χ3v) is 4.34. The highest BCUT2D eigenvalue weighted by molar-refractivity contribution is 5.96. The number of likely N-dealkylation sites (tertiary alicyclic amines) is 1. The molecule has 0 aromatic heterocycles. The number of piperidine rings is 1. The predicted molar refractivity (Wildman–Crippen MR) is 81.0 cm³/mol. The second-order valence-electron chi connectivity index (χ2n) is 5.96. The van der Waals surface area contributed by atoms with Crippen LogP contribution in [0, 0.1) is 12.8 Å². The summed E-state index contributed by atoms with van der Waals surface area (Å²) in [5.41, 5.74) is 2.00. The van der Waals surface area contributed by atoms with Crippen LogP contribution in [0.15, 0.2) is 24.3 Å². The topological polar surface area (TPSA) is 40.5 Å². The van der Waals surface area contributed by atoms with E-state index in [0.717, 1.165) is 38.0 Å². The van der Waals surface area contributed by atoms with Crippen molar-refractivity contribution in [3.8, 4) is 0 Å². The molecule has 110 valence electrons. The number of hydrogen-bond acceptors (Lipinski definition) is 3. The third-order valence-electron chi connectivity index (χ3n) is 4.34. The van der Waals surface area contributed by atoms with Gasteiger partial charge in [-0.3, -0.25) is 4.79 Å². The van der Waals surface area contributed by atoms with Gasteiger partial charge in [0.05, 0.1) is 6.10 Å². The van der Waals surface area contributed by atoms with Crippen molar-refractivity contribution in [2.24, 2.45) is 5.92 Å². The normalized spacial score (nSPS) is 18.9. The van der Waals surface area contributed by atoms with E-state index >= 15 is 0 Å². The van der Waals surface area contributed by atoms with Crippen LogP contribution in [-0.4, -0.2) is 41.5 Å². The molecule has 3 heteroatoms. The van der Waals surface area contributed by atoms with E-state index in [-0.39, 0.29) is 11.9 Å². The Kier molecular flexibility index (Phi) is 5.32. The molecule has 1 aliphatic heterocycles. The van der Waals surface area contributed by atoms with Gasteiger partial charge in [-0.05, 0) is 45.7 Å². The molecule has 20 heavy (non-hydrogen) atoms. The van der Waals surface area contributed by atoms with Crippen LogP contribution in [-0.2, 0) is 0 Å². The van der Waals surface area contributed by atoms with E-state index in [4.69, 9.17) is 0 Å². The molecule has 0 bridgehead atoms. The van der Waals surface area contributed by atoms with Gasteiger partial charge in [-0.15, -0.1) is 0 Å². The Labute approximate surface area is 121 Å². The number of carbonyl (C=O) groups excluding carboxylic acids is 1. The van der Waals surface area contributed by atoms with Gasteiger partial charge < -0.3 is 10.0 Å². The summed E-state index contributed by atoms with van der Waals surface area (Å²) in [6.07, 6.45) is 2.46. The summed E-state index contributed by atoms with van der Waals surface area (Å²) in [6, 6.07) is 7.80. The molecule has 3 nitrogen and oxygen atoms in total. The van der Waals surface area contributed by atoms with Crippen LogP contribution in [0.2, 0.25) is 0 Å². The zero-order valence-electron chi connectivity index (χ0n) is 12.5. The molecular weight excluding hydrogens is 250 g/mol. The number of ketones is 1. The van der Waals surface area contributed by atoms with Crippen LogP contribution in [0.1, 0.15) is 42.1 Å². The fourth-order valence-electron chi connectivity index (χ4n) is 2.80. The second-order valence-corrected chi connectivity index (χ2v) is 5.96. The molecule has 0 spiro atoms. The maximum absolute atomic E-state index is 12.1. The van der Waals surface area contributed by atoms with Gasteiger partial charge in [0.15, 0.2) is 5.78 Å². The molecule has 2 rings (SSSR count). The van der Waals surface area contributed by atoms with Crippen molar-refractivity contribution in [3.05, 3.63) is 35.4 Å². The highest BCUT2D eigenvalue weighted by atomic mass is 16.3. The summed E-state index contributed by atoms with van der Waals surface area (Å²) in [7, 11) is 0. The molecule has 0 saturated carbocycles. The van der Waals surface area contributed by atoms with E-state index in [1.807, 2.05) is 38.1 Å². The molecule has 1 aliphatic rings. The highest BCUT2D eigenvalue weighted by Crippen LogP contribution is 2.20. The zero-order valence-corrected chi connectivity index (χ0v) is 12.5. The first-order chi connectivity index (χ1) is 9.56. The number of Topliss-reactive ketones (excluding diaryl/α,β-unsaturated/α-hetero) is 1. The lowest BCUT2D eigenvalue weighted by Gasteiger charge is -2.33. The lowest BCUT2D eigenvalue weighted by atomic mass is 9.92. The number of hydrogen-bond donors (Lipinski definition) is 1. The number of aryl methyl sites for hydroxylation is 1. The minimum atomic E-state index is -0.202. The molecular formula is C17H25NO2. The SMILES string of the molecule is Cc1ccc(C(=O)CCN2CCC(C(C)O)CC2)cc1. The third kappa shape index (κ3) is 4.15. The first-order valence-corrected chi connectivity index (χ1v) is 7.56. The molecule has 1 aromatic rings. The molecule has 1 atom stereocenters. The Hall–Kier alpha value is -1.19. The van der Waals surface area contributed by atoms with Gasteiger partial charge in [-0.25, -0.2) is 0 Å².